The molecule has 0 atom stereocenters. The number of amides is 1. The first-order valence-corrected chi connectivity index (χ1v) is 9.31. The van der Waals surface area contributed by atoms with Crippen molar-refractivity contribution in [1.82, 2.24) is 5.32 Å². The van der Waals surface area contributed by atoms with E-state index in [0.717, 1.165) is 4.88 Å². The molecule has 3 aromatic rings. The number of nitro groups is 1. The number of ether oxygens (including phenoxy) is 1. The molecule has 0 aliphatic heterocycles. The monoisotopic (exact) mass is 409 g/mol. The number of non-ortho nitro benzene ring substituents is 1. The van der Waals surface area contributed by atoms with Crippen molar-refractivity contribution in [3.63, 3.8) is 0 Å². The molecule has 0 radical (unpaired) electrons. The summed E-state index contributed by atoms with van der Waals surface area (Å²) >= 11 is 1.51. The van der Waals surface area contributed by atoms with Crippen molar-refractivity contribution in [2.75, 3.05) is 0 Å². The number of carbonyl (C=O) groups is 1. The SMILES string of the molecule is N#CC(=Cc1ccc(COc2ccc([N+](=O)[O-])cc2)o1)C(=O)NCc1cccs1. The van der Waals surface area contributed by atoms with Gasteiger partial charge in [-0.1, -0.05) is 6.07 Å². The third-order valence-corrected chi connectivity index (χ3v) is 4.64. The molecule has 0 aliphatic carbocycles. The van der Waals surface area contributed by atoms with Gasteiger partial charge in [0.2, 0.25) is 0 Å². The molecule has 146 valence electrons. The third-order valence-electron chi connectivity index (χ3n) is 3.77. The van der Waals surface area contributed by atoms with E-state index in [2.05, 4.69) is 5.32 Å². The first-order valence-electron chi connectivity index (χ1n) is 8.43. The Balaban J connectivity index is 1.58. The standard InChI is InChI=1S/C20H15N3O5S/c21-11-14(20(24)22-12-19-2-1-9-29-19)10-17-7-8-18(28-17)13-27-16-5-3-15(4-6-16)23(25)26/h1-10H,12-13H2,(H,22,24). The zero-order chi connectivity index (χ0) is 20.6. The zero-order valence-electron chi connectivity index (χ0n) is 15.0. The molecule has 2 aromatic heterocycles. The number of thiophene rings is 1. The summed E-state index contributed by atoms with van der Waals surface area (Å²) in [5, 5.41) is 24.5. The number of carbonyl (C=O) groups excluding carboxylic acids is 1. The van der Waals surface area contributed by atoms with Gasteiger partial charge in [0.25, 0.3) is 11.6 Å². The molecule has 3 rings (SSSR count). The van der Waals surface area contributed by atoms with Gasteiger partial charge in [0.15, 0.2) is 0 Å². The molecule has 0 unspecified atom stereocenters. The lowest BCUT2D eigenvalue weighted by Crippen LogP contribution is -2.23. The van der Waals surface area contributed by atoms with Crippen LogP contribution < -0.4 is 10.1 Å². The highest BCUT2D eigenvalue weighted by molar-refractivity contribution is 7.09. The zero-order valence-corrected chi connectivity index (χ0v) is 15.8. The minimum atomic E-state index is -0.488. The summed E-state index contributed by atoms with van der Waals surface area (Å²) in [6.07, 6.45) is 1.36. The van der Waals surface area contributed by atoms with Crippen LogP contribution in [0.1, 0.15) is 16.4 Å². The maximum Gasteiger partial charge on any atom is 0.269 e. The fraction of sp³-hybridized carbons (Fsp3) is 0.100. The first-order chi connectivity index (χ1) is 14.0. The maximum absolute atomic E-state index is 12.2. The van der Waals surface area contributed by atoms with Crippen LogP contribution in [-0.4, -0.2) is 10.8 Å². The number of hydrogen-bond acceptors (Lipinski definition) is 7. The molecule has 0 bridgehead atoms. The molecule has 0 fully saturated rings. The molecule has 0 saturated carbocycles. The second-order valence-corrected chi connectivity index (χ2v) is 6.81. The lowest BCUT2D eigenvalue weighted by molar-refractivity contribution is -0.384. The number of nitro benzene ring substituents is 1. The molecular weight excluding hydrogens is 394 g/mol. The summed E-state index contributed by atoms with van der Waals surface area (Å²) in [5.74, 6) is 0.789. The van der Waals surface area contributed by atoms with Gasteiger partial charge in [-0.15, -0.1) is 11.3 Å². The lowest BCUT2D eigenvalue weighted by Gasteiger charge is -2.03. The highest BCUT2D eigenvalue weighted by Crippen LogP contribution is 2.19. The second kappa shape index (κ2) is 9.34. The Morgan fingerprint density at radius 2 is 2.07 bits per heavy atom. The number of nitriles is 1. The number of nitrogens with zero attached hydrogens (tertiary/aromatic N) is 2. The topological polar surface area (TPSA) is 118 Å². The molecule has 0 saturated heterocycles. The lowest BCUT2D eigenvalue weighted by atomic mass is 10.2. The van der Waals surface area contributed by atoms with Gasteiger partial charge in [-0.05, 0) is 35.7 Å². The largest absolute Gasteiger partial charge is 0.486 e. The summed E-state index contributed by atoms with van der Waals surface area (Å²) < 4.78 is 11.1. The van der Waals surface area contributed by atoms with E-state index in [1.807, 2.05) is 23.6 Å². The van der Waals surface area contributed by atoms with Crippen molar-refractivity contribution < 1.29 is 18.9 Å². The Labute approximate surface area is 169 Å². The minimum Gasteiger partial charge on any atom is -0.486 e. The molecular formula is C20H15N3O5S. The number of rotatable bonds is 8. The van der Waals surface area contributed by atoms with Crippen LogP contribution in [0.15, 0.2) is 63.9 Å². The smallest absolute Gasteiger partial charge is 0.269 e. The molecule has 1 N–H and O–H groups in total. The van der Waals surface area contributed by atoms with Gasteiger partial charge in [0.05, 0.1) is 11.5 Å². The van der Waals surface area contributed by atoms with Crippen molar-refractivity contribution in [2.45, 2.75) is 13.2 Å². The van der Waals surface area contributed by atoms with Crippen LogP contribution in [0.4, 0.5) is 5.69 Å². The summed E-state index contributed by atoms with van der Waals surface area (Å²) in [6.45, 7) is 0.445. The van der Waals surface area contributed by atoms with Crippen LogP contribution in [0.2, 0.25) is 0 Å². The third kappa shape index (κ3) is 5.54. The van der Waals surface area contributed by atoms with E-state index < -0.39 is 10.8 Å². The number of hydrogen-bond donors (Lipinski definition) is 1. The average Bonchev–Trinajstić information content (AvgIpc) is 3.41. The normalized spacial score (nSPS) is 10.9. The molecule has 1 aromatic carbocycles. The molecule has 8 nitrogen and oxygen atoms in total. The molecule has 2 heterocycles. The van der Waals surface area contributed by atoms with E-state index in [1.165, 1.54) is 41.7 Å². The minimum absolute atomic E-state index is 0.0239. The van der Waals surface area contributed by atoms with Crippen molar-refractivity contribution >= 4 is 29.0 Å². The van der Waals surface area contributed by atoms with Crippen molar-refractivity contribution in [3.8, 4) is 11.8 Å². The number of benzene rings is 1. The Morgan fingerprint density at radius 1 is 1.28 bits per heavy atom. The summed E-state index contributed by atoms with van der Waals surface area (Å²) in [4.78, 5) is 23.3. The average molecular weight is 409 g/mol. The summed E-state index contributed by atoms with van der Waals surface area (Å²) in [5.41, 5.74) is -0.0945. The van der Waals surface area contributed by atoms with Crippen LogP contribution in [0.5, 0.6) is 5.75 Å². The second-order valence-electron chi connectivity index (χ2n) is 5.78. The highest BCUT2D eigenvalue weighted by atomic mass is 32.1. The van der Waals surface area contributed by atoms with E-state index in [0.29, 0.717) is 23.8 Å². The van der Waals surface area contributed by atoms with Crippen molar-refractivity contribution in [3.05, 3.63) is 86.0 Å². The van der Waals surface area contributed by atoms with E-state index in [1.54, 1.807) is 12.1 Å². The summed E-state index contributed by atoms with van der Waals surface area (Å²) in [7, 11) is 0. The van der Waals surface area contributed by atoms with Crippen LogP contribution in [-0.2, 0) is 17.9 Å². The highest BCUT2D eigenvalue weighted by Gasteiger charge is 2.11. The van der Waals surface area contributed by atoms with Gasteiger partial charge in [-0.3, -0.25) is 14.9 Å². The van der Waals surface area contributed by atoms with Crippen LogP contribution >= 0.6 is 11.3 Å². The fourth-order valence-electron chi connectivity index (χ4n) is 2.33. The number of nitrogens with one attached hydrogen (secondary N) is 1. The van der Waals surface area contributed by atoms with Crippen molar-refractivity contribution in [2.24, 2.45) is 0 Å². The van der Waals surface area contributed by atoms with Gasteiger partial charge in [0.1, 0.15) is 35.5 Å². The Morgan fingerprint density at radius 3 is 2.72 bits per heavy atom. The van der Waals surface area contributed by atoms with E-state index in [4.69, 9.17) is 9.15 Å². The molecule has 1 amide bonds. The van der Waals surface area contributed by atoms with Crippen LogP contribution in [0.25, 0.3) is 6.08 Å². The van der Waals surface area contributed by atoms with E-state index >= 15 is 0 Å². The van der Waals surface area contributed by atoms with E-state index in [-0.39, 0.29) is 17.9 Å². The van der Waals surface area contributed by atoms with E-state index in [9.17, 15) is 20.2 Å². The van der Waals surface area contributed by atoms with Gasteiger partial charge in [0, 0.05) is 23.1 Å². The Kier molecular flexibility index (Phi) is 6.40. The van der Waals surface area contributed by atoms with Gasteiger partial charge in [-0.25, -0.2) is 0 Å². The Bertz CT molecular complexity index is 1060. The van der Waals surface area contributed by atoms with Crippen molar-refractivity contribution in [1.29, 1.82) is 5.26 Å². The fourth-order valence-corrected chi connectivity index (χ4v) is 2.98. The Hall–Kier alpha value is -3.90. The predicted molar refractivity (Wildman–Crippen MR) is 106 cm³/mol. The maximum atomic E-state index is 12.2. The summed E-state index contributed by atoms with van der Waals surface area (Å²) in [6, 6.07) is 14.6. The molecule has 9 heteroatoms. The number of furan rings is 1. The van der Waals surface area contributed by atoms with Gasteiger partial charge in [-0.2, -0.15) is 5.26 Å². The molecule has 0 aliphatic rings. The van der Waals surface area contributed by atoms with Crippen LogP contribution in [0, 0.1) is 21.4 Å². The van der Waals surface area contributed by atoms with Crippen LogP contribution in [0.3, 0.4) is 0 Å². The first kappa shape index (κ1) is 19.9. The van der Waals surface area contributed by atoms with Gasteiger partial charge >= 0.3 is 0 Å². The predicted octanol–water partition coefficient (Wildman–Crippen LogP) is 4.05. The van der Waals surface area contributed by atoms with Gasteiger partial charge < -0.3 is 14.5 Å². The quantitative estimate of drug-likeness (QED) is 0.259. The molecule has 0 spiro atoms. The molecule has 29 heavy (non-hydrogen) atoms.